The number of nitrogens with zero attached hydrogens (tertiary/aromatic N) is 4. The van der Waals surface area contributed by atoms with Gasteiger partial charge in [0.15, 0.2) is 5.82 Å². The lowest BCUT2D eigenvalue weighted by molar-refractivity contribution is -0.155. The average molecular weight is 461 g/mol. The predicted octanol–water partition coefficient (Wildman–Crippen LogP) is 4.38. The molecule has 0 aliphatic carbocycles. The Labute approximate surface area is 188 Å². The predicted molar refractivity (Wildman–Crippen MR) is 119 cm³/mol. The van der Waals surface area contributed by atoms with Gasteiger partial charge in [0.2, 0.25) is 0 Å². The van der Waals surface area contributed by atoms with Gasteiger partial charge >= 0.3 is 6.18 Å². The Hall–Kier alpha value is -3.08. The molecule has 3 N–H and O–H groups in total. The number of nitrogens with one attached hydrogen (secondary N) is 3. The van der Waals surface area contributed by atoms with E-state index < -0.39 is 12.7 Å². The van der Waals surface area contributed by atoms with Crippen molar-refractivity contribution in [3.63, 3.8) is 0 Å². The van der Waals surface area contributed by atoms with Crippen LogP contribution in [0.1, 0.15) is 31.4 Å². The third kappa shape index (κ3) is 4.54. The van der Waals surface area contributed by atoms with Crippen molar-refractivity contribution >= 4 is 28.4 Å². The van der Waals surface area contributed by atoms with Crippen LogP contribution in [0.2, 0.25) is 0 Å². The van der Waals surface area contributed by atoms with Crippen LogP contribution in [-0.4, -0.2) is 63.0 Å². The van der Waals surface area contributed by atoms with Crippen LogP contribution in [0.15, 0.2) is 24.4 Å². The highest BCUT2D eigenvalue weighted by Gasteiger charge is 2.45. The number of alkyl halides is 3. The zero-order valence-electron chi connectivity index (χ0n) is 18.4. The summed E-state index contributed by atoms with van der Waals surface area (Å²) in [4.78, 5) is 10.9. The smallest absolute Gasteiger partial charge is 0.401 e. The number of aryl methyl sites for hydroxylation is 1. The minimum Gasteiger partial charge on any atom is -0.496 e. The van der Waals surface area contributed by atoms with Crippen LogP contribution < -0.4 is 15.4 Å². The standard InChI is InChI=1S/C22H26F3N7O/c1-12-7-19(31-30-12)28-18-10-16-20(17(33-2)5-6-26-16)21(29-18)27-13-8-14-3-4-15(9-13)32(14)11-22(23,24)25/h5-7,10,13-15H,3-4,8-9,11H2,1-2H3,(H3,27,28,29,30,31)/t13?,14-,15+. The molecule has 5 rings (SSSR count). The Morgan fingerprint density at radius 1 is 1.18 bits per heavy atom. The number of H-pyrrole nitrogens is 1. The van der Waals surface area contributed by atoms with Gasteiger partial charge in [-0.15, -0.1) is 0 Å². The Morgan fingerprint density at radius 2 is 1.94 bits per heavy atom. The fraction of sp³-hybridized carbons (Fsp3) is 0.500. The summed E-state index contributed by atoms with van der Waals surface area (Å²) in [6.07, 6.45) is 0.338. The second-order valence-corrected chi connectivity index (χ2v) is 8.81. The van der Waals surface area contributed by atoms with Crippen molar-refractivity contribution < 1.29 is 17.9 Å². The molecule has 0 spiro atoms. The molecule has 0 amide bonds. The third-order valence-corrected chi connectivity index (χ3v) is 6.45. The van der Waals surface area contributed by atoms with E-state index in [-0.39, 0.29) is 18.1 Å². The number of ether oxygens (including phenoxy) is 1. The number of aromatic amines is 1. The van der Waals surface area contributed by atoms with Crippen molar-refractivity contribution in [1.29, 1.82) is 0 Å². The van der Waals surface area contributed by atoms with E-state index in [1.807, 2.05) is 19.1 Å². The molecule has 5 heterocycles. The maximum absolute atomic E-state index is 13.0. The second-order valence-electron chi connectivity index (χ2n) is 8.81. The van der Waals surface area contributed by atoms with E-state index in [2.05, 4.69) is 25.8 Å². The number of methoxy groups -OCH3 is 1. The van der Waals surface area contributed by atoms with Gasteiger partial charge in [0.1, 0.15) is 17.4 Å². The van der Waals surface area contributed by atoms with Gasteiger partial charge in [-0.05, 0) is 38.7 Å². The van der Waals surface area contributed by atoms with Gasteiger partial charge in [-0.3, -0.25) is 15.0 Å². The van der Waals surface area contributed by atoms with E-state index in [0.717, 1.165) is 23.9 Å². The monoisotopic (exact) mass is 461 g/mol. The molecule has 1 unspecified atom stereocenters. The summed E-state index contributed by atoms with van der Waals surface area (Å²) >= 11 is 0. The fourth-order valence-corrected chi connectivity index (χ4v) is 5.15. The first-order valence-corrected chi connectivity index (χ1v) is 11.0. The first-order chi connectivity index (χ1) is 15.8. The van der Waals surface area contributed by atoms with Crippen LogP contribution >= 0.6 is 0 Å². The van der Waals surface area contributed by atoms with E-state index >= 15 is 0 Å². The molecular formula is C22H26F3N7O. The molecule has 3 aromatic heterocycles. The van der Waals surface area contributed by atoms with Gasteiger partial charge in [0.25, 0.3) is 0 Å². The molecule has 2 fully saturated rings. The molecule has 3 aromatic rings. The Bertz CT molecular complexity index is 1130. The Morgan fingerprint density at radius 3 is 2.58 bits per heavy atom. The average Bonchev–Trinajstić information content (AvgIpc) is 3.24. The Kier molecular flexibility index (Phi) is 5.51. The van der Waals surface area contributed by atoms with Crippen molar-refractivity contribution in [1.82, 2.24) is 25.1 Å². The molecule has 2 aliphatic rings. The van der Waals surface area contributed by atoms with Crippen molar-refractivity contribution in [2.24, 2.45) is 0 Å². The number of anilines is 3. The first-order valence-electron chi connectivity index (χ1n) is 11.0. The number of fused-ring (bicyclic) bond motifs is 3. The highest BCUT2D eigenvalue weighted by atomic mass is 19.4. The minimum absolute atomic E-state index is 0.00970. The van der Waals surface area contributed by atoms with Crippen LogP contribution in [0.5, 0.6) is 5.75 Å². The summed E-state index contributed by atoms with van der Waals surface area (Å²) in [7, 11) is 1.59. The summed E-state index contributed by atoms with van der Waals surface area (Å²) in [6.45, 7) is 1.07. The molecule has 8 nitrogen and oxygen atoms in total. The summed E-state index contributed by atoms with van der Waals surface area (Å²) in [5.74, 6) is 2.43. The third-order valence-electron chi connectivity index (χ3n) is 6.45. The van der Waals surface area contributed by atoms with Crippen LogP contribution in [0.3, 0.4) is 0 Å². The number of piperidine rings is 1. The van der Waals surface area contributed by atoms with Crippen LogP contribution in [0.4, 0.5) is 30.6 Å². The maximum Gasteiger partial charge on any atom is 0.401 e. The van der Waals surface area contributed by atoms with Crippen LogP contribution in [0.25, 0.3) is 10.9 Å². The van der Waals surface area contributed by atoms with E-state index in [9.17, 15) is 13.2 Å². The van der Waals surface area contributed by atoms with Gasteiger partial charge in [0.05, 0.1) is 24.6 Å². The molecule has 0 radical (unpaired) electrons. The Balaban J connectivity index is 1.43. The zero-order valence-corrected chi connectivity index (χ0v) is 18.4. The lowest BCUT2D eigenvalue weighted by Crippen LogP contribution is -2.50. The number of hydrogen-bond acceptors (Lipinski definition) is 7. The molecular weight excluding hydrogens is 435 g/mol. The van der Waals surface area contributed by atoms with Crippen molar-refractivity contribution in [3.8, 4) is 5.75 Å². The topological polar surface area (TPSA) is 91.0 Å². The number of halogens is 3. The summed E-state index contributed by atoms with van der Waals surface area (Å²) in [5, 5.41) is 14.5. The highest BCUT2D eigenvalue weighted by molar-refractivity contribution is 5.96. The maximum atomic E-state index is 13.0. The van der Waals surface area contributed by atoms with Crippen molar-refractivity contribution in [2.45, 2.75) is 56.9 Å². The quantitative estimate of drug-likeness (QED) is 0.502. The lowest BCUT2D eigenvalue weighted by Gasteiger charge is -2.39. The van der Waals surface area contributed by atoms with Crippen LogP contribution in [-0.2, 0) is 0 Å². The molecule has 0 saturated carbocycles. The molecule has 176 valence electrons. The molecule has 2 aliphatic heterocycles. The molecule has 33 heavy (non-hydrogen) atoms. The van der Waals surface area contributed by atoms with Crippen molar-refractivity contribution in [3.05, 3.63) is 30.1 Å². The molecule has 11 heteroatoms. The molecule has 3 atom stereocenters. The van der Waals surface area contributed by atoms with Crippen LogP contribution in [0, 0.1) is 6.92 Å². The van der Waals surface area contributed by atoms with Gasteiger partial charge in [-0.2, -0.15) is 18.3 Å². The van der Waals surface area contributed by atoms with Crippen molar-refractivity contribution in [2.75, 3.05) is 24.3 Å². The lowest BCUT2D eigenvalue weighted by atomic mass is 9.97. The van der Waals surface area contributed by atoms with E-state index in [4.69, 9.17) is 9.72 Å². The summed E-state index contributed by atoms with van der Waals surface area (Å²) in [5.41, 5.74) is 1.61. The van der Waals surface area contributed by atoms with E-state index in [1.165, 1.54) is 0 Å². The van der Waals surface area contributed by atoms with Gasteiger partial charge in [-0.1, -0.05) is 0 Å². The number of aromatic nitrogens is 4. The number of pyridine rings is 2. The minimum atomic E-state index is -4.18. The molecule has 2 bridgehead atoms. The normalized spacial score (nSPS) is 23.1. The number of hydrogen-bond donors (Lipinski definition) is 3. The van der Waals surface area contributed by atoms with E-state index in [0.29, 0.717) is 41.6 Å². The van der Waals surface area contributed by atoms with Gasteiger partial charge in [0, 0.05) is 42.1 Å². The second kappa shape index (κ2) is 8.36. The molecule has 2 saturated heterocycles. The largest absolute Gasteiger partial charge is 0.496 e. The zero-order chi connectivity index (χ0) is 23.2. The fourth-order valence-electron chi connectivity index (χ4n) is 5.15. The van der Waals surface area contributed by atoms with Gasteiger partial charge in [-0.25, -0.2) is 4.98 Å². The van der Waals surface area contributed by atoms with E-state index in [1.54, 1.807) is 24.3 Å². The number of rotatable bonds is 6. The SMILES string of the molecule is COc1ccnc2cc(Nc3cc(C)[nH]n3)nc(NC3C[C@H]4CC[C@@H](C3)N4CC(F)(F)F)c12. The summed E-state index contributed by atoms with van der Waals surface area (Å²) in [6, 6.07) is 5.31. The molecule has 0 aromatic carbocycles. The first kappa shape index (κ1) is 21.7. The summed E-state index contributed by atoms with van der Waals surface area (Å²) < 4.78 is 44.7. The van der Waals surface area contributed by atoms with Gasteiger partial charge < -0.3 is 15.4 Å². The highest BCUT2D eigenvalue weighted by Crippen LogP contribution is 2.40.